The first-order chi connectivity index (χ1) is 9.44. The molecule has 0 radical (unpaired) electrons. The van der Waals surface area contributed by atoms with Gasteiger partial charge < -0.3 is 15.5 Å². The Labute approximate surface area is 128 Å². The Morgan fingerprint density at radius 2 is 2.00 bits per heavy atom. The summed E-state index contributed by atoms with van der Waals surface area (Å²) >= 11 is 1.84. The van der Waals surface area contributed by atoms with Crippen molar-refractivity contribution in [2.75, 3.05) is 18.9 Å². The molecule has 1 fully saturated rings. The molecule has 20 heavy (non-hydrogen) atoms. The first kappa shape index (κ1) is 18.3. The molecule has 4 unspecified atom stereocenters. The largest absolute Gasteiger partial charge is 0.394 e. The standard InChI is InChI=1S/C16H33NO2S/c1-5-16(3,4)12-7-8-14(17-6-2)15(9-12)20-11-13(19)10-18/h12-15,17-19H,5-11H2,1-4H3. The molecule has 0 aromatic carbocycles. The molecule has 4 atom stereocenters. The lowest BCUT2D eigenvalue weighted by Crippen LogP contribution is -2.45. The smallest absolute Gasteiger partial charge is 0.0861 e. The van der Waals surface area contributed by atoms with Crippen molar-refractivity contribution in [1.82, 2.24) is 5.32 Å². The summed E-state index contributed by atoms with van der Waals surface area (Å²) < 4.78 is 0. The Bertz CT molecular complexity index is 273. The number of rotatable bonds is 8. The molecular weight excluding hydrogens is 270 g/mol. The lowest BCUT2D eigenvalue weighted by Gasteiger charge is -2.43. The average Bonchev–Trinajstić information content (AvgIpc) is 2.45. The van der Waals surface area contributed by atoms with Crippen LogP contribution in [-0.2, 0) is 0 Å². The van der Waals surface area contributed by atoms with E-state index in [0.29, 0.717) is 22.5 Å². The van der Waals surface area contributed by atoms with Crippen LogP contribution in [0.3, 0.4) is 0 Å². The van der Waals surface area contributed by atoms with E-state index in [0.717, 1.165) is 12.5 Å². The van der Waals surface area contributed by atoms with Crippen molar-refractivity contribution in [3.05, 3.63) is 0 Å². The highest BCUT2D eigenvalue weighted by atomic mass is 32.2. The summed E-state index contributed by atoms with van der Waals surface area (Å²) in [5.41, 5.74) is 0.408. The number of aliphatic hydroxyl groups is 2. The van der Waals surface area contributed by atoms with Crippen LogP contribution >= 0.6 is 11.8 Å². The number of nitrogens with one attached hydrogen (secondary N) is 1. The highest BCUT2D eigenvalue weighted by molar-refractivity contribution is 8.00. The highest BCUT2D eigenvalue weighted by Crippen LogP contribution is 2.43. The lowest BCUT2D eigenvalue weighted by atomic mass is 9.68. The van der Waals surface area contributed by atoms with Crippen LogP contribution < -0.4 is 5.32 Å². The molecule has 1 saturated carbocycles. The fourth-order valence-corrected chi connectivity index (χ4v) is 4.50. The van der Waals surface area contributed by atoms with Crippen molar-refractivity contribution in [2.24, 2.45) is 11.3 Å². The predicted molar refractivity (Wildman–Crippen MR) is 88.2 cm³/mol. The summed E-state index contributed by atoms with van der Waals surface area (Å²) in [5, 5.41) is 22.7. The van der Waals surface area contributed by atoms with Crippen molar-refractivity contribution >= 4 is 11.8 Å². The van der Waals surface area contributed by atoms with Crippen LogP contribution in [0.15, 0.2) is 0 Å². The molecule has 0 aliphatic heterocycles. The van der Waals surface area contributed by atoms with Crippen molar-refractivity contribution in [3.8, 4) is 0 Å². The minimum absolute atomic E-state index is 0.129. The van der Waals surface area contributed by atoms with Gasteiger partial charge >= 0.3 is 0 Å². The van der Waals surface area contributed by atoms with Gasteiger partial charge in [-0.3, -0.25) is 0 Å². The molecule has 0 aromatic heterocycles. The third-order valence-electron chi connectivity index (χ3n) is 4.99. The van der Waals surface area contributed by atoms with E-state index in [1.54, 1.807) is 0 Å². The van der Waals surface area contributed by atoms with E-state index in [1.165, 1.54) is 25.7 Å². The van der Waals surface area contributed by atoms with Crippen LogP contribution in [0.1, 0.15) is 53.4 Å². The van der Waals surface area contributed by atoms with E-state index < -0.39 is 6.10 Å². The zero-order chi connectivity index (χ0) is 15.2. The molecule has 0 spiro atoms. The fourth-order valence-electron chi connectivity index (χ4n) is 3.09. The SMILES string of the molecule is CCNC1CCC(C(C)(C)CC)CC1SCC(O)CO. The van der Waals surface area contributed by atoms with Crippen LogP contribution in [0, 0.1) is 11.3 Å². The van der Waals surface area contributed by atoms with Crippen LogP contribution in [0.5, 0.6) is 0 Å². The van der Waals surface area contributed by atoms with Gasteiger partial charge in [0.05, 0.1) is 12.7 Å². The van der Waals surface area contributed by atoms with Gasteiger partial charge in [-0.05, 0) is 37.1 Å². The zero-order valence-electron chi connectivity index (χ0n) is 13.6. The van der Waals surface area contributed by atoms with Gasteiger partial charge in [-0.15, -0.1) is 0 Å². The van der Waals surface area contributed by atoms with Crippen molar-refractivity contribution in [3.63, 3.8) is 0 Å². The molecule has 0 saturated heterocycles. The second kappa shape index (κ2) is 8.62. The quantitative estimate of drug-likeness (QED) is 0.645. The Hall–Kier alpha value is 0.230. The van der Waals surface area contributed by atoms with Crippen molar-refractivity contribution in [1.29, 1.82) is 0 Å². The maximum Gasteiger partial charge on any atom is 0.0861 e. The second-order valence-electron chi connectivity index (χ2n) is 6.72. The van der Waals surface area contributed by atoms with Crippen molar-refractivity contribution < 1.29 is 10.2 Å². The maximum atomic E-state index is 9.59. The maximum absolute atomic E-state index is 9.59. The first-order valence-electron chi connectivity index (χ1n) is 8.08. The Morgan fingerprint density at radius 1 is 1.30 bits per heavy atom. The first-order valence-corrected chi connectivity index (χ1v) is 9.13. The lowest BCUT2D eigenvalue weighted by molar-refractivity contribution is 0.113. The van der Waals surface area contributed by atoms with E-state index in [9.17, 15) is 5.11 Å². The molecule has 0 amide bonds. The van der Waals surface area contributed by atoms with Gasteiger partial charge in [0, 0.05) is 17.0 Å². The molecule has 120 valence electrons. The van der Waals surface area contributed by atoms with E-state index in [-0.39, 0.29) is 6.61 Å². The predicted octanol–water partition coefficient (Wildman–Crippen LogP) is 2.66. The van der Waals surface area contributed by atoms with E-state index in [2.05, 4.69) is 33.0 Å². The number of thioether (sulfide) groups is 1. The summed E-state index contributed by atoms with van der Waals surface area (Å²) in [6.07, 6.45) is 4.40. The molecule has 1 rings (SSSR count). The third kappa shape index (κ3) is 5.21. The van der Waals surface area contributed by atoms with Gasteiger partial charge in [0.1, 0.15) is 0 Å². The summed E-state index contributed by atoms with van der Waals surface area (Å²) in [6.45, 7) is 10.1. The molecule has 3 nitrogen and oxygen atoms in total. The monoisotopic (exact) mass is 303 g/mol. The average molecular weight is 304 g/mol. The van der Waals surface area contributed by atoms with E-state index >= 15 is 0 Å². The van der Waals surface area contributed by atoms with Gasteiger partial charge in [-0.25, -0.2) is 0 Å². The topological polar surface area (TPSA) is 52.5 Å². The molecule has 1 aliphatic rings. The van der Waals surface area contributed by atoms with Crippen LogP contribution in [0.2, 0.25) is 0 Å². The van der Waals surface area contributed by atoms with E-state index in [1.807, 2.05) is 11.8 Å². The van der Waals surface area contributed by atoms with Crippen LogP contribution in [0.25, 0.3) is 0 Å². The van der Waals surface area contributed by atoms with Gasteiger partial charge in [-0.2, -0.15) is 11.8 Å². The number of hydrogen-bond acceptors (Lipinski definition) is 4. The molecule has 4 heteroatoms. The molecule has 3 N–H and O–H groups in total. The Morgan fingerprint density at radius 3 is 2.55 bits per heavy atom. The van der Waals surface area contributed by atoms with Gasteiger partial charge in [0.15, 0.2) is 0 Å². The summed E-state index contributed by atoms with van der Waals surface area (Å²) in [4.78, 5) is 0. The van der Waals surface area contributed by atoms with Gasteiger partial charge in [0.25, 0.3) is 0 Å². The molecule has 1 aliphatic carbocycles. The Kier molecular flexibility index (Phi) is 7.88. The molecule has 0 aromatic rings. The zero-order valence-corrected chi connectivity index (χ0v) is 14.4. The summed E-state index contributed by atoms with van der Waals surface area (Å²) in [6, 6.07) is 0.555. The second-order valence-corrected chi connectivity index (χ2v) is 8.00. The Balaban J connectivity index is 2.61. The third-order valence-corrected chi connectivity index (χ3v) is 6.51. The summed E-state index contributed by atoms with van der Waals surface area (Å²) in [5.74, 6) is 1.41. The number of aliphatic hydroxyl groups excluding tert-OH is 2. The van der Waals surface area contributed by atoms with Gasteiger partial charge in [-0.1, -0.05) is 34.1 Å². The minimum atomic E-state index is -0.582. The van der Waals surface area contributed by atoms with Crippen LogP contribution in [0.4, 0.5) is 0 Å². The molecular formula is C16H33NO2S. The van der Waals surface area contributed by atoms with Crippen LogP contribution in [-0.4, -0.2) is 46.5 Å². The van der Waals surface area contributed by atoms with Crippen molar-refractivity contribution in [2.45, 2.75) is 70.8 Å². The molecule has 0 bridgehead atoms. The normalized spacial score (nSPS) is 29.4. The molecule has 0 heterocycles. The number of hydrogen-bond donors (Lipinski definition) is 3. The van der Waals surface area contributed by atoms with Gasteiger partial charge in [0.2, 0.25) is 0 Å². The minimum Gasteiger partial charge on any atom is -0.394 e. The van der Waals surface area contributed by atoms with E-state index in [4.69, 9.17) is 5.11 Å². The highest BCUT2D eigenvalue weighted by Gasteiger charge is 2.37. The fraction of sp³-hybridized carbons (Fsp3) is 1.00. The summed E-state index contributed by atoms with van der Waals surface area (Å²) in [7, 11) is 0.